The van der Waals surface area contributed by atoms with Crippen LogP contribution >= 0.6 is 11.3 Å². The van der Waals surface area contributed by atoms with E-state index in [-0.39, 0.29) is 5.91 Å². The number of aromatic nitrogens is 2. The molecule has 0 fully saturated rings. The molecule has 21 heavy (non-hydrogen) atoms. The first-order valence-electron chi connectivity index (χ1n) is 6.88. The molecule has 6 heteroatoms. The molecule has 4 rings (SSSR count). The van der Waals surface area contributed by atoms with Crippen molar-refractivity contribution in [1.29, 1.82) is 0 Å². The van der Waals surface area contributed by atoms with Gasteiger partial charge in [-0.1, -0.05) is 12.1 Å². The predicted octanol–water partition coefficient (Wildman–Crippen LogP) is 2.95. The van der Waals surface area contributed by atoms with E-state index < -0.39 is 0 Å². The fourth-order valence-corrected chi connectivity index (χ4v) is 3.76. The fourth-order valence-electron chi connectivity index (χ4n) is 2.71. The lowest BCUT2D eigenvalue weighted by molar-refractivity contribution is 0.102. The summed E-state index contributed by atoms with van der Waals surface area (Å²) in [5.74, 6) is -0.182. The molecule has 2 heterocycles. The predicted molar refractivity (Wildman–Crippen MR) is 84.8 cm³/mol. The van der Waals surface area contributed by atoms with Crippen molar-refractivity contribution in [2.45, 2.75) is 19.3 Å². The summed E-state index contributed by atoms with van der Waals surface area (Å²) < 4.78 is 0. The highest BCUT2D eigenvalue weighted by molar-refractivity contribution is 7.15. The van der Waals surface area contributed by atoms with Crippen LogP contribution in [0.2, 0.25) is 0 Å². The van der Waals surface area contributed by atoms with Gasteiger partial charge in [-0.05, 0) is 31.4 Å². The van der Waals surface area contributed by atoms with Crippen LogP contribution in [0.15, 0.2) is 24.3 Å². The van der Waals surface area contributed by atoms with E-state index in [2.05, 4.69) is 15.3 Å². The molecular weight excluding hydrogens is 284 g/mol. The molecular formula is C15H14N4OS. The van der Waals surface area contributed by atoms with E-state index in [1.165, 1.54) is 11.3 Å². The molecule has 0 radical (unpaired) electrons. The Hall–Kier alpha value is -2.34. The number of rotatable bonds is 2. The molecule has 0 saturated heterocycles. The van der Waals surface area contributed by atoms with Crippen LogP contribution in [-0.2, 0) is 12.8 Å². The third-order valence-electron chi connectivity index (χ3n) is 3.75. The van der Waals surface area contributed by atoms with Crippen LogP contribution in [0, 0.1) is 0 Å². The largest absolute Gasteiger partial charge is 0.397 e. The zero-order valence-corrected chi connectivity index (χ0v) is 12.1. The first kappa shape index (κ1) is 12.4. The maximum Gasteiger partial charge on any atom is 0.273 e. The number of H-pyrrole nitrogens is 1. The summed E-state index contributed by atoms with van der Waals surface area (Å²) in [4.78, 5) is 21.2. The normalized spacial score (nSPS) is 13.5. The monoisotopic (exact) mass is 298 g/mol. The molecule has 1 aliphatic carbocycles. The molecule has 5 nitrogen and oxygen atoms in total. The lowest BCUT2D eigenvalue weighted by Crippen LogP contribution is -2.12. The fraction of sp³-hybridized carbons (Fsp3) is 0.200. The first-order valence-corrected chi connectivity index (χ1v) is 7.69. The van der Waals surface area contributed by atoms with Gasteiger partial charge in [0.2, 0.25) is 0 Å². The number of hydrogen-bond acceptors (Lipinski definition) is 4. The van der Waals surface area contributed by atoms with Crippen molar-refractivity contribution in [3.63, 3.8) is 0 Å². The molecule has 4 N–H and O–H groups in total. The lowest BCUT2D eigenvalue weighted by Gasteiger charge is -1.99. The van der Waals surface area contributed by atoms with E-state index in [0.29, 0.717) is 16.5 Å². The number of aromatic amines is 1. The van der Waals surface area contributed by atoms with Crippen LogP contribution in [0.1, 0.15) is 27.5 Å². The van der Waals surface area contributed by atoms with Gasteiger partial charge < -0.3 is 10.7 Å². The number of fused-ring (bicyclic) bond motifs is 2. The summed E-state index contributed by atoms with van der Waals surface area (Å²) in [5.41, 5.74) is 8.97. The molecule has 0 atom stereocenters. The summed E-state index contributed by atoms with van der Waals surface area (Å²) in [6.45, 7) is 0. The average Bonchev–Trinajstić information content (AvgIpc) is 3.11. The van der Waals surface area contributed by atoms with E-state index in [1.807, 2.05) is 24.3 Å². The highest BCUT2D eigenvalue weighted by Gasteiger charge is 2.19. The van der Waals surface area contributed by atoms with Crippen molar-refractivity contribution in [2.75, 3.05) is 11.1 Å². The summed E-state index contributed by atoms with van der Waals surface area (Å²) in [5, 5.41) is 4.47. The topological polar surface area (TPSA) is 83.8 Å². The highest BCUT2D eigenvalue weighted by Crippen LogP contribution is 2.30. The number of amides is 1. The Labute approximate surface area is 125 Å². The van der Waals surface area contributed by atoms with Crippen LogP contribution in [0.3, 0.4) is 0 Å². The summed E-state index contributed by atoms with van der Waals surface area (Å²) >= 11 is 1.57. The molecule has 0 spiro atoms. The zero-order valence-electron chi connectivity index (χ0n) is 11.3. The van der Waals surface area contributed by atoms with Gasteiger partial charge >= 0.3 is 0 Å². The van der Waals surface area contributed by atoms with Gasteiger partial charge in [0.05, 0.1) is 16.9 Å². The number of anilines is 2. The molecule has 0 unspecified atom stereocenters. The van der Waals surface area contributed by atoms with Crippen molar-refractivity contribution < 1.29 is 4.79 Å². The van der Waals surface area contributed by atoms with Crippen LogP contribution in [0.25, 0.3) is 10.9 Å². The third kappa shape index (κ3) is 2.08. The Morgan fingerprint density at radius 3 is 3.10 bits per heavy atom. The van der Waals surface area contributed by atoms with Crippen molar-refractivity contribution in [3.05, 3.63) is 40.5 Å². The Morgan fingerprint density at radius 2 is 2.29 bits per heavy atom. The summed E-state index contributed by atoms with van der Waals surface area (Å²) in [6.07, 6.45) is 3.26. The molecule has 3 aromatic rings. The number of thiazole rings is 1. The van der Waals surface area contributed by atoms with E-state index in [0.717, 1.165) is 29.4 Å². The second-order valence-corrected chi connectivity index (χ2v) is 6.27. The Bertz CT molecular complexity index is 827. The molecule has 0 bridgehead atoms. The number of nitrogens with two attached hydrogens (primary N) is 1. The van der Waals surface area contributed by atoms with Crippen LogP contribution in [0.4, 0.5) is 10.8 Å². The third-order valence-corrected chi connectivity index (χ3v) is 4.82. The summed E-state index contributed by atoms with van der Waals surface area (Å²) in [6, 6.07) is 7.42. The molecule has 0 saturated carbocycles. The van der Waals surface area contributed by atoms with Crippen molar-refractivity contribution >= 4 is 39.0 Å². The first-order chi connectivity index (χ1) is 10.2. The number of nitrogens with zero attached hydrogens (tertiary/aromatic N) is 1. The number of benzene rings is 1. The molecule has 0 aliphatic heterocycles. The molecule has 1 amide bonds. The SMILES string of the molecule is Nc1cccc2cc(C(=O)Nc3nc4c(s3)CCC4)[nH]c12. The van der Waals surface area contributed by atoms with Crippen LogP contribution < -0.4 is 11.1 Å². The molecule has 1 aliphatic rings. The minimum Gasteiger partial charge on any atom is -0.397 e. The number of carbonyl (C=O) groups is 1. The molecule has 2 aromatic heterocycles. The molecule has 106 valence electrons. The van der Waals surface area contributed by atoms with Gasteiger partial charge in [-0.3, -0.25) is 10.1 Å². The van der Waals surface area contributed by atoms with Crippen molar-refractivity contribution in [2.24, 2.45) is 0 Å². The number of carbonyl (C=O) groups excluding carboxylic acids is 1. The molecule has 1 aromatic carbocycles. The summed E-state index contributed by atoms with van der Waals surface area (Å²) in [7, 11) is 0. The zero-order chi connectivity index (χ0) is 14.4. The van der Waals surface area contributed by atoms with E-state index in [1.54, 1.807) is 11.3 Å². The van der Waals surface area contributed by atoms with Gasteiger partial charge in [0.15, 0.2) is 5.13 Å². The van der Waals surface area contributed by atoms with Gasteiger partial charge in [0, 0.05) is 10.3 Å². The Kier molecular flexibility index (Phi) is 2.71. The van der Waals surface area contributed by atoms with Gasteiger partial charge in [0.25, 0.3) is 5.91 Å². The van der Waals surface area contributed by atoms with Crippen LogP contribution in [-0.4, -0.2) is 15.9 Å². The van der Waals surface area contributed by atoms with Gasteiger partial charge in [-0.2, -0.15) is 0 Å². The smallest absolute Gasteiger partial charge is 0.273 e. The van der Waals surface area contributed by atoms with Crippen molar-refractivity contribution in [1.82, 2.24) is 9.97 Å². The van der Waals surface area contributed by atoms with E-state index in [9.17, 15) is 4.79 Å². The number of para-hydroxylation sites is 1. The van der Waals surface area contributed by atoms with Gasteiger partial charge in [0.1, 0.15) is 5.69 Å². The number of nitrogens with one attached hydrogen (secondary N) is 2. The number of hydrogen-bond donors (Lipinski definition) is 3. The maximum atomic E-state index is 12.3. The quantitative estimate of drug-likeness (QED) is 0.636. The lowest BCUT2D eigenvalue weighted by atomic mass is 10.2. The number of aryl methyl sites for hydroxylation is 2. The second kappa shape index (κ2) is 4.60. The van der Waals surface area contributed by atoms with Crippen LogP contribution in [0.5, 0.6) is 0 Å². The minimum absolute atomic E-state index is 0.182. The second-order valence-electron chi connectivity index (χ2n) is 5.19. The standard InChI is InChI=1S/C15H14N4OS/c16-9-4-1-3-8-7-11(17-13(8)9)14(20)19-15-18-10-5-2-6-12(10)21-15/h1,3-4,7,17H,2,5-6,16H2,(H,18,19,20). The van der Waals surface area contributed by atoms with E-state index >= 15 is 0 Å². The van der Waals surface area contributed by atoms with Gasteiger partial charge in [-0.25, -0.2) is 4.98 Å². The maximum absolute atomic E-state index is 12.3. The minimum atomic E-state index is -0.182. The number of nitrogen functional groups attached to an aromatic ring is 1. The Balaban J connectivity index is 1.62. The average molecular weight is 298 g/mol. The highest BCUT2D eigenvalue weighted by atomic mass is 32.1. The Morgan fingerprint density at radius 1 is 1.38 bits per heavy atom. The van der Waals surface area contributed by atoms with Gasteiger partial charge in [-0.15, -0.1) is 11.3 Å². The van der Waals surface area contributed by atoms with E-state index in [4.69, 9.17) is 5.73 Å². The van der Waals surface area contributed by atoms with Crippen molar-refractivity contribution in [3.8, 4) is 0 Å².